The molecule has 4 rings (SSSR count). The molecular weight excluding hydrogens is 361 g/mol. The maximum absolute atomic E-state index is 14.1. The van der Waals surface area contributed by atoms with Crippen LogP contribution in [0.3, 0.4) is 0 Å². The largest absolute Gasteiger partial charge is 0.497 e. The number of fused-ring (bicyclic) bond motifs is 1. The Morgan fingerprint density at radius 2 is 1.82 bits per heavy atom. The van der Waals surface area contributed by atoms with Crippen molar-refractivity contribution in [2.45, 2.75) is 0 Å². The highest BCUT2D eigenvalue weighted by molar-refractivity contribution is 5.87. The summed E-state index contributed by atoms with van der Waals surface area (Å²) in [6, 6.07) is 13.8. The summed E-state index contributed by atoms with van der Waals surface area (Å²) in [4.78, 5) is 8.51. The standard InChI is InChI=1S/C20H18FN5O2/c1-27-14-6-8-15(9-7-14)28-11-10-22-19-16-12-25-26(20(16)24-13-23-19)18-5-3-2-4-17(18)21/h2-9,12-13H,10-11H2,1H3,(H,22,23,24). The highest BCUT2D eigenvalue weighted by atomic mass is 19.1. The van der Waals surface area contributed by atoms with E-state index < -0.39 is 0 Å². The zero-order valence-corrected chi connectivity index (χ0v) is 15.2. The smallest absolute Gasteiger partial charge is 0.168 e. The molecule has 2 aromatic heterocycles. The van der Waals surface area contributed by atoms with E-state index in [0.29, 0.717) is 35.7 Å². The van der Waals surface area contributed by atoms with Crippen molar-refractivity contribution in [3.63, 3.8) is 0 Å². The molecule has 0 aliphatic carbocycles. The Labute approximate surface area is 160 Å². The predicted molar refractivity (Wildman–Crippen MR) is 104 cm³/mol. The topological polar surface area (TPSA) is 74.1 Å². The number of nitrogens with one attached hydrogen (secondary N) is 1. The number of hydrogen-bond acceptors (Lipinski definition) is 6. The monoisotopic (exact) mass is 379 g/mol. The number of methoxy groups -OCH3 is 1. The van der Waals surface area contributed by atoms with Gasteiger partial charge in [-0.3, -0.25) is 0 Å². The van der Waals surface area contributed by atoms with Gasteiger partial charge >= 0.3 is 0 Å². The highest BCUT2D eigenvalue weighted by Gasteiger charge is 2.13. The predicted octanol–water partition coefficient (Wildman–Crippen LogP) is 3.45. The molecule has 8 heteroatoms. The lowest BCUT2D eigenvalue weighted by Gasteiger charge is -2.09. The van der Waals surface area contributed by atoms with Crippen molar-refractivity contribution in [1.29, 1.82) is 0 Å². The summed E-state index contributed by atoms with van der Waals surface area (Å²) in [5.74, 6) is 1.78. The van der Waals surface area contributed by atoms with Crippen LogP contribution in [-0.4, -0.2) is 40.0 Å². The average molecular weight is 379 g/mol. The molecule has 0 aliphatic rings. The van der Waals surface area contributed by atoms with E-state index in [-0.39, 0.29) is 5.82 Å². The molecule has 2 aromatic carbocycles. The van der Waals surface area contributed by atoms with Crippen LogP contribution in [0.1, 0.15) is 0 Å². The number of halogens is 1. The van der Waals surface area contributed by atoms with Gasteiger partial charge in [0.1, 0.15) is 41.8 Å². The van der Waals surface area contributed by atoms with Crippen LogP contribution in [0.2, 0.25) is 0 Å². The first kappa shape index (κ1) is 17.7. The molecular formula is C20H18FN5O2. The molecule has 28 heavy (non-hydrogen) atoms. The minimum Gasteiger partial charge on any atom is -0.497 e. The second-order valence-corrected chi connectivity index (χ2v) is 5.92. The minimum absolute atomic E-state index is 0.338. The molecule has 0 radical (unpaired) electrons. The van der Waals surface area contributed by atoms with E-state index in [1.54, 1.807) is 31.5 Å². The number of nitrogens with zero attached hydrogens (tertiary/aromatic N) is 4. The number of benzene rings is 2. The van der Waals surface area contributed by atoms with E-state index in [9.17, 15) is 4.39 Å². The van der Waals surface area contributed by atoms with E-state index in [2.05, 4.69) is 20.4 Å². The second kappa shape index (κ2) is 7.91. The third-order valence-electron chi connectivity index (χ3n) is 4.17. The number of rotatable bonds is 7. The lowest BCUT2D eigenvalue weighted by molar-refractivity contribution is 0.331. The van der Waals surface area contributed by atoms with Crippen LogP contribution in [0.15, 0.2) is 61.1 Å². The Morgan fingerprint density at radius 3 is 2.61 bits per heavy atom. The highest BCUT2D eigenvalue weighted by Crippen LogP contribution is 2.23. The van der Waals surface area contributed by atoms with Gasteiger partial charge in [0.15, 0.2) is 5.65 Å². The van der Waals surface area contributed by atoms with Crippen molar-refractivity contribution < 1.29 is 13.9 Å². The summed E-state index contributed by atoms with van der Waals surface area (Å²) in [5, 5.41) is 8.19. The van der Waals surface area contributed by atoms with Gasteiger partial charge < -0.3 is 14.8 Å². The van der Waals surface area contributed by atoms with Crippen molar-refractivity contribution in [2.75, 3.05) is 25.6 Å². The first-order chi connectivity index (χ1) is 13.8. The summed E-state index contributed by atoms with van der Waals surface area (Å²) in [6.07, 6.45) is 3.04. The van der Waals surface area contributed by atoms with E-state index in [4.69, 9.17) is 9.47 Å². The van der Waals surface area contributed by atoms with Crippen LogP contribution >= 0.6 is 0 Å². The van der Waals surface area contributed by atoms with Gasteiger partial charge in [-0.1, -0.05) is 12.1 Å². The van der Waals surface area contributed by atoms with Crippen LogP contribution in [0.25, 0.3) is 16.7 Å². The molecule has 0 spiro atoms. The molecule has 0 saturated carbocycles. The quantitative estimate of drug-likeness (QED) is 0.496. The molecule has 142 valence electrons. The second-order valence-electron chi connectivity index (χ2n) is 5.92. The van der Waals surface area contributed by atoms with Gasteiger partial charge in [0.05, 0.1) is 25.2 Å². The number of anilines is 1. The minimum atomic E-state index is -0.367. The van der Waals surface area contributed by atoms with Gasteiger partial charge in [0, 0.05) is 0 Å². The summed E-state index contributed by atoms with van der Waals surface area (Å²) >= 11 is 0. The summed E-state index contributed by atoms with van der Waals surface area (Å²) in [7, 11) is 1.62. The normalized spacial score (nSPS) is 10.8. The van der Waals surface area contributed by atoms with Gasteiger partial charge in [-0.05, 0) is 36.4 Å². The average Bonchev–Trinajstić information content (AvgIpc) is 3.17. The molecule has 0 amide bonds. The maximum Gasteiger partial charge on any atom is 0.168 e. The van der Waals surface area contributed by atoms with Crippen molar-refractivity contribution in [2.24, 2.45) is 0 Å². The Morgan fingerprint density at radius 1 is 1.04 bits per heavy atom. The Bertz CT molecular complexity index is 1080. The Hall–Kier alpha value is -3.68. The van der Waals surface area contributed by atoms with Crippen molar-refractivity contribution in [3.05, 3.63) is 66.9 Å². The summed E-state index contributed by atoms with van der Waals surface area (Å²) < 4.78 is 26.4. The van der Waals surface area contributed by atoms with Crippen LogP contribution < -0.4 is 14.8 Å². The molecule has 0 unspecified atom stereocenters. The van der Waals surface area contributed by atoms with Gasteiger partial charge in [-0.25, -0.2) is 19.0 Å². The molecule has 2 heterocycles. The van der Waals surface area contributed by atoms with Crippen LogP contribution in [-0.2, 0) is 0 Å². The molecule has 0 saturated heterocycles. The third kappa shape index (κ3) is 3.57. The van der Waals surface area contributed by atoms with E-state index in [1.807, 2.05) is 24.3 Å². The molecule has 0 aliphatic heterocycles. The lowest BCUT2D eigenvalue weighted by atomic mass is 10.3. The van der Waals surface area contributed by atoms with Gasteiger partial charge in [-0.15, -0.1) is 0 Å². The zero-order valence-electron chi connectivity index (χ0n) is 15.2. The summed E-state index contributed by atoms with van der Waals surface area (Å²) in [5.41, 5.74) is 0.865. The van der Waals surface area contributed by atoms with Crippen LogP contribution in [0.4, 0.5) is 10.2 Å². The SMILES string of the molecule is COc1ccc(OCCNc2ncnc3c2cnn3-c2ccccc2F)cc1. The Kier molecular flexibility index (Phi) is 5.01. The van der Waals surface area contributed by atoms with E-state index in [1.165, 1.54) is 17.1 Å². The molecule has 0 bridgehead atoms. The molecule has 7 nitrogen and oxygen atoms in total. The number of para-hydroxylation sites is 1. The molecule has 4 aromatic rings. The fourth-order valence-electron chi connectivity index (χ4n) is 2.80. The van der Waals surface area contributed by atoms with E-state index >= 15 is 0 Å². The lowest BCUT2D eigenvalue weighted by Crippen LogP contribution is -2.12. The van der Waals surface area contributed by atoms with Crippen molar-refractivity contribution in [1.82, 2.24) is 19.7 Å². The molecule has 0 atom stereocenters. The first-order valence-corrected chi connectivity index (χ1v) is 8.70. The summed E-state index contributed by atoms with van der Waals surface area (Å²) in [6.45, 7) is 0.975. The van der Waals surface area contributed by atoms with Crippen LogP contribution in [0.5, 0.6) is 11.5 Å². The number of ether oxygens (including phenoxy) is 2. The number of aromatic nitrogens is 4. The molecule has 1 N–H and O–H groups in total. The van der Waals surface area contributed by atoms with Gasteiger partial charge in [-0.2, -0.15) is 5.10 Å². The Balaban J connectivity index is 1.45. The van der Waals surface area contributed by atoms with Crippen molar-refractivity contribution >= 4 is 16.9 Å². The van der Waals surface area contributed by atoms with Gasteiger partial charge in [0.25, 0.3) is 0 Å². The zero-order chi connectivity index (χ0) is 19.3. The molecule has 0 fully saturated rings. The van der Waals surface area contributed by atoms with E-state index in [0.717, 1.165) is 11.5 Å². The number of hydrogen-bond donors (Lipinski definition) is 1. The fourth-order valence-corrected chi connectivity index (χ4v) is 2.80. The first-order valence-electron chi connectivity index (χ1n) is 8.70. The van der Waals surface area contributed by atoms with Crippen LogP contribution in [0, 0.1) is 5.82 Å². The maximum atomic E-state index is 14.1. The van der Waals surface area contributed by atoms with Crippen molar-refractivity contribution in [3.8, 4) is 17.2 Å². The fraction of sp³-hybridized carbons (Fsp3) is 0.150. The van der Waals surface area contributed by atoms with Gasteiger partial charge in [0.2, 0.25) is 0 Å². The third-order valence-corrected chi connectivity index (χ3v) is 4.17.